The highest BCUT2D eigenvalue weighted by Crippen LogP contribution is 2.35. The minimum atomic E-state index is -1.06. The number of thiophene rings is 1. The Hall–Kier alpha value is -3.85. The van der Waals surface area contributed by atoms with Crippen molar-refractivity contribution < 1.29 is 23.9 Å². The Bertz CT molecular complexity index is 1300. The fourth-order valence-electron chi connectivity index (χ4n) is 4.25. The Kier molecular flexibility index (Phi) is 10.3. The van der Waals surface area contributed by atoms with Gasteiger partial charge < -0.3 is 20.1 Å². The van der Waals surface area contributed by atoms with Gasteiger partial charge in [-0.15, -0.1) is 11.3 Å². The maximum atomic E-state index is 13.9. The zero-order valence-electron chi connectivity index (χ0n) is 24.2. The van der Waals surface area contributed by atoms with Crippen molar-refractivity contribution in [3.63, 3.8) is 0 Å². The van der Waals surface area contributed by atoms with Crippen LogP contribution in [0.25, 0.3) is 0 Å². The maximum absolute atomic E-state index is 13.9. The Labute approximate surface area is 240 Å². The molecule has 3 rings (SSSR count). The molecule has 40 heavy (non-hydrogen) atoms. The predicted octanol–water partition coefficient (Wildman–Crippen LogP) is 5.70. The molecule has 0 saturated heterocycles. The normalized spacial score (nSPS) is 12.7. The summed E-state index contributed by atoms with van der Waals surface area (Å²) in [7, 11) is 3.05. The molecule has 0 saturated carbocycles. The number of carbonyl (C=O) groups excluding carboxylic acids is 3. The van der Waals surface area contributed by atoms with Gasteiger partial charge in [-0.2, -0.15) is 0 Å². The van der Waals surface area contributed by atoms with E-state index in [-0.39, 0.29) is 18.4 Å². The van der Waals surface area contributed by atoms with Gasteiger partial charge in [-0.25, -0.2) is 0 Å². The number of nitrogens with one attached hydrogen (secondary N) is 2. The van der Waals surface area contributed by atoms with Crippen LogP contribution in [0, 0.1) is 0 Å². The summed E-state index contributed by atoms with van der Waals surface area (Å²) in [5.41, 5.74) is 1.63. The molecule has 0 aliphatic rings. The molecule has 1 aromatic heterocycles. The van der Waals surface area contributed by atoms with Crippen molar-refractivity contribution in [3.8, 4) is 11.5 Å². The van der Waals surface area contributed by atoms with Crippen molar-refractivity contribution in [2.45, 2.75) is 58.5 Å². The third-order valence-corrected chi connectivity index (χ3v) is 7.36. The van der Waals surface area contributed by atoms with E-state index in [0.29, 0.717) is 33.5 Å². The lowest BCUT2D eigenvalue weighted by Gasteiger charge is -2.34. The second kappa shape index (κ2) is 13.5. The molecule has 214 valence electrons. The molecule has 0 spiro atoms. The van der Waals surface area contributed by atoms with Gasteiger partial charge in [-0.1, -0.05) is 38.1 Å². The van der Waals surface area contributed by atoms with E-state index in [9.17, 15) is 14.4 Å². The van der Waals surface area contributed by atoms with Crippen LogP contribution in [0.15, 0.2) is 60.0 Å². The number of ether oxygens (including phenoxy) is 2. The third kappa shape index (κ3) is 7.63. The SMILES string of the molecule is CC[C@@H](C)c1ccc(N(C(=O)CNC(=O)c2cccs2)[C@@H](C(=O)NC(C)(C)C)c2ccc(OC)c(OC)c2)cc1. The molecule has 9 heteroatoms. The number of hydrogen-bond donors (Lipinski definition) is 2. The lowest BCUT2D eigenvalue weighted by Crippen LogP contribution is -2.51. The van der Waals surface area contributed by atoms with Gasteiger partial charge in [0.1, 0.15) is 6.04 Å². The van der Waals surface area contributed by atoms with Crippen molar-refractivity contribution in [1.29, 1.82) is 0 Å². The van der Waals surface area contributed by atoms with Crippen LogP contribution in [0.4, 0.5) is 5.69 Å². The summed E-state index contributed by atoms with van der Waals surface area (Å²) in [6, 6.07) is 15.2. The minimum Gasteiger partial charge on any atom is -0.493 e. The monoisotopic (exact) mass is 565 g/mol. The van der Waals surface area contributed by atoms with Crippen molar-refractivity contribution >= 4 is 34.7 Å². The summed E-state index contributed by atoms with van der Waals surface area (Å²) in [5.74, 6) is 0.111. The van der Waals surface area contributed by atoms with Crippen molar-refractivity contribution in [1.82, 2.24) is 10.6 Å². The second-order valence-electron chi connectivity index (χ2n) is 10.6. The quantitative estimate of drug-likeness (QED) is 0.311. The van der Waals surface area contributed by atoms with Gasteiger partial charge in [0.2, 0.25) is 11.8 Å². The third-order valence-electron chi connectivity index (χ3n) is 6.49. The lowest BCUT2D eigenvalue weighted by molar-refractivity contribution is -0.127. The molecule has 2 atom stereocenters. The Morgan fingerprint density at radius 1 is 0.950 bits per heavy atom. The number of carbonyl (C=O) groups is 3. The molecule has 0 aliphatic heterocycles. The van der Waals surface area contributed by atoms with E-state index < -0.39 is 17.5 Å². The second-order valence-corrected chi connectivity index (χ2v) is 11.5. The van der Waals surface area contributed by atoms with Crippen LogP contribution < -0.4 is 25.0 Å². The first-order chi connectivity index (χ1) is 19.0. The Morgan fingerprint density at radius 2 is 1.60 bits per heavy atom. The summed E-state index contributed by atoms with van der Waals surface area (Å²) in [4.78, 5) is 42.4. The molecule has 8 nitrogen and oxygen atoms in total. The molecule has 0 unspecified atom stereocenters. The summed E-state index contributed by atoms with van der Waals surface area (Å²) in [6.45, 7) is 9.60. The highest BCUT2D eigenvalue weighted by atomic mass is 32.1. The zero-order chi connectivity index (χ0) is 29.4. The number of nitrogens with zero attached hydrogens (tertiary/aromatic N) is 1. The minimum absolute atomic E-state index is 0.295. The highest BCUT2D eigenvalue weighted by Gasteiger charge is 2.35. The Morgan fingerprint density at radius 3 is 2.15 bits per heavy atom. The lowest BCUT2D eigenvalue weighted by atomic mass is 9.97. The van der Waals surface area contributed by atoms with Crippen LogP contribution in [-0.4, -0.2) is 44.0 Å². The number of benzene rings is 2. The van der Waals surface area contributed by atoms with Gasteiger partial charge in [0.25, 0.3) is 5.91 Å². The summed E-state index contributed by atoms with van der Waals surface area (Å²) < 4.78 is 10.9. The van der Waals surface area contributed by atoms with Crippen LogP contribution in [-0.2, 0) is 9.59 Å². The standard InChI is InChI=1S/C31H39N3O5S/c1-8-20(2)21-11-14-23(15-12-21)34(27(35)19-32-29(36)26-10-9-17-40-26)28(30(37)33-31(3,4)5)22-13-16-24(38-6)25(18-22)39-7/h9-18,20,28H,8,19H2,1-7H3,(H,32,36)(H,33,37)/t20-,28-/m1/s1. The summed E-state index contributed by atoms with van der Waals surface area (Å²) in [6.07, 6.45) is 0.971. The smallest absolute Gasteiger partial charge is 0.261 e. The van der Waals surface area contributed by atoms with E-state index in [0.717, 1.165) is 12.0 Å². The molecular weight excluding hydrogens is 526 g/mol. The predicted molar refractivity (Wildman–Crippen MR) is 159 cm³/mol. The van der Waals surface area contributed by atoms with Crippen LogP contribution in [0.5, 0.6) is 11.5 Å². The fourth-order valence-corrected chi connectivity index (χ4v) is 4.89. The average Bonchev–Trinajstić information content (AvgIpc) is 3.48. The number of methoxy groups -OCH3 is 2. The van der Waals surface area contributed by atoms with E-state index in [1.54, 1.807) is 35.7 Å². The molecule has 0 bridgehead atoms. The van der Waals surface area contributed by atoms with E-state index in [2.05, 4.69) is 24.5 Å². The molecule has 3 amide bonds. The number of anilines is 1. The van der Waals surface area contributed by atoms with Gasteiger partial charge in [0, 0.05) is 11.2 Å². The first-order valence-electron chi connectivity index (χ1n) is 13.3. The first kappa shape index (κ1) is 30.7. The van der Waals surface area contributed by atoms with E-state index in [4.69, 9.17) is 9.47 Å². The number of hydrogen-bond acceptors (Lipinski definition) is 6. The summed E-state index contributed by atoms with van der Waals surface area (Å²) in [5, 5.41) is 7.53. The van der Waals surface area contributed by atoms with Gasteiger partial charge >= 0.3 is 0 Å². The zero-order valence-corrected chi connectivity index (χ0v) is 25.1. The van der Waals surface area contributed by atoms with E-state index >= 15 is 0 Å². The largest absolute Gasteiger partial charge is 0.493 e. The first-order valence-corrected chi connectivity index (χ1v) is 14.1. The molecule has 0 aliphatic carbocycles. The molecule has 2 N–H and O–H groups in total. The molecule has 1 heterocycles. The van der Waals surface area contributed by atoms with Gasteiger partial charge in [-0.3, -0.25) is 19.3 Å². The highest BCUT2D eigenvalue weighted by molar-refractivity contribution is 7.12. The molecular formula is C31H39N3O5S. The van der Waals surface area contributed by atoms with Gasteiger partial charge in [0.05, 0.1) is 25.6 Å². The maximum Gasteiger partial charge on any atom is 0.261 e. The molecule has 3 aromatic rings. The fraction of sp³-hybridized carbons (Fsp3) is 0.387. The number of rotatable bonds is 11. The summed E-state index contributed by atoms with van der Waals surface area (Å²) >= 11 is 1.29. The average molecular weight is 566 g/mol. The van der Waals surface area contributed by atoms with Crippen LogP contribution in [0.1, 0.15) is 73.8 Å². The van der Waals surface area contributed by atoms with E-state index in [1.807, 2.05) is 45.0 Å². The van der Waals surface area contributed by atoms with Crippen molar-refractivity contribution in [2.75, 3.05) is 25.7 Å². The van der Waals surface area contributed by atoms with Crippen LogP contribution >= 0.6 is 11.3 Å². The van der Waals surface area contributed by atoms with Gasteiger partial charge in [0.15, 0.2) is 11.5 Å². The van der Waals surface area contributed by atoms with E-state index in [1.165, 1.54) is 30.5 Å². The Balaban J connectivity index is 2.11. The van der Waals surface area contributed by atoms with Crippen molar-refractivity contribution in [3.05, 3.63) is 76.0 Å². The number of amides is 3. The van der Waals surface area contributed by atoms with Crippen molar-refractivity contribution in [2.24, 2.45) is 0 Å². The molecule has 2 aromatic carbocycles. The van der Waals surface area contributed by atoms with Crippen LogP contribution in [0.3, 0.4) is 0 Å². The molecule has 0 fully saturated rings. The topological polar surface area (TPSA) is 97.0 Å². The van der Waals surface area contributed by atoms with Crippen LogP contribution in [0.2, 0.25) is 0 Å². The molecule has 0 radical (unpaired) electrons. The van der Waals surface area contributed by atoms with Gasteiger partial charge in [-0.05, 0) is 79.9 Å².